The van der Waals surface area contributed by atoms with E-state index in [0.29, 0.717) is 0 Å². The lowest BCUT2D eigenvalue weighted by Crippen LogP contribution is -2.15. The van der Waals surface area contributed by atoms with Gasteiger partial charge >= 0.3 is 0 Å². The highest BCUT2D eigenvalue weighted by Gasteiger charge is 1.95. The lowest BCUT2D eigenvalue weighted by molar-refractivity contribution is 0.968. The Bertz CT molecular complexity index is 272. The van der Waals surface area contributed by atoms with E-state index in [1.54, 1.807) is 0 Å². The van der Waals surface area contributed by atoms with Crippen LogP contribution in [0, 0.1) is 0 Å². The van der Waals surface area contributed by atoms with Gasteiger partial charge in [0, 0.05) is 19.3 Å². The van der Waals surface area contributed by atoms with Crippen molar-refractivity contribution in [2.75, 3.05) is 18.5 Å². The summed E-state index contributed by atoms with van der Waals surface area (Å²) in [5.41, 5.74) is 2.53. The molecule has 0 heterocycles. The summed E-state index contributed by atoms with van der Waals surface area (Å²) in [6.07, 6.45) is 4.16. The van der Waals surface area contributed by atoms with Crippen LogP contribution in [0.25, 0.3) is 6.08 Å². The molecule has 0 fully saturated rings. The Morgan fingerprint density at radius 2 is 1.85 bits per heavy atom. The van der Waals surface area contributed by atoms with Crippen LogP contribution in [-0.4, -0.2) is 13.6 Å². The van der Waals surface area contributed by atoms with Gasteiger partial charge in [-0.05, 0) is 31.5 Å². The van der Waals surface area contributed by atoms with Crippen LogP contribution in [0.4, 0.5) is 5.69 Å². The molecule has 0 bridgehead atoms. The molecule has 0 atom stereocenters. The molecule has 0 saturated carbocycles. The van der Waals surface area contributed by atoms with Crippen molar-refractivity contribution in [2.45, 2.75) is 13.8 Å². The number of anilines is 1. The van der Waals surface area contributed by atoms with Crippen LogP contribution in [-0.2, 0) is 0 Å². The first-order valence-corrected chi connectivity index (χ1v) is 4.71. The van der Waals surface area contributed by atoms with Gasteiger partial charge in [-0.2, -0.15) is 0 Å². The van der Waals surface area contributed by atoms with Crippen LogP contribution in [0.15, 0.2) is 30.3 Å². The Morgan fingerprint density at radius 3 is 2.31 bits per heavy atom. The second kappa shape index (κ2) is 4.70. The molecule has 0 saturated heterocycles. The Balaban J connectivity index is 2.80. The zero-order valence-corrected chi connectivity index (χ0v) is 8.62. The van der Waals surface area contributed by atoms with Crippen LogP contribution >= 0.6 is 0 Å². The van der Waals surface area contributed by atoms with Crippen LogP contribution in [0.5, 0.6) is 0 Å². The van der Waals surface area contributed by atoms with Gasteiger partial charge in [0.05, 0.1) is 0 Å². The highest BCUT2D eigenvalue weighted by atomic mass is 15.1. The fraction of sp³-hybridized carbons (Fsp3) is 0.333. The highest BCUT2D eigenvalue weighted by molar-refractivity contribution is 5.55. The van der Waals surface area contributed by atoms with Crippen LogP contribution in [0.1, 0.15) is 19.4 Å². The van der Waals surface area contributed by atoms with E-state index in [2.05, 4.69) is 55.3 Å². The maximum Gasteiger partial charge on any atom is 0.0363 e. The third kappa shape index (κ3) is 2.62. The molecule has 1 nitrogen and oxygen atoms in total. The predicted molar refractivity (Wildman–Crippen MR) is 60.1 cm³/mol. The first-order valence-electron chi connectivity index (χ1n) is 4.71. The SMILES string of the molecule is C/C=C/c1ccc(N(C)CC)cc1. The summed E-state index contributed by atoms with van der Waals surface area (Å²) in [5, 5.41) is 0. The lowest BCUT2D eigenvalue weighted by atomic mass is 10.2. The minimum Gasteiger partial charge on any atom is -0.375 e. The Hall–Kier alpha value is -1.24. The van der Waals surface area contributed by atoms with E-state index in [4.69, 9.17) is 0 Å². The predicted octanol–water partition coefficient (Wildman–Crippen LogP) is 3.18. The van der Waals surface area contributed by atoms with Crippen molar-refractivity contribution in [1.82, 2.24) is 0 Å². The standard InChI is InChI=1S/C12H17N/c1-4-6-11-7-9-12(10-8-11)13(3)5-2/h4,6-10H,5H2,1-3H3/b6-4+. The van der Waals surface area contributed by atoms with Crippen LogP contribution < -0.4 is 4.90 Å². The maximum absolute atomic E-state index is 2.22. The molecule has 0 aliphatic carbocycles. The number of allylic oxidation sites excluding steroid dienone is 1. The van der Waals surface area contributed by atoms with E-state index in [-0.39, 0.29) is 0 Å². The fourth-order valence-electron chi connectivity index (χ4n) is 1.21. The Labute approximate surface area is 80.7 Å². The van der Waals surface area contributed by atoms with E-state index in [1.165, 1.54) is 11.3 Å². The molecule has 0 aromatic heterocycles. The van der Waals surface area contributed by atoms with Gasteiger partial charge in [0.25, 0.3) is 0 Å². The van der Waals surface area contributed by atoms with Gasteiger partial charge in [0.1, 0.15) is 0 Å². The van der Waals surface area contributed by atoms with Gasteiger partial charge in [0.15, 0.2) is 0 Å². The van der Waals surface area contributed by atoms with Gasteiger partial charge in [-0.1, -0.05) is 24.3 Å². The third-order valence-corrected chi connectivity index (χ3v) is 2.17. The summed E-state index contributed by atoms with van der Waals surface area (Å²) < 4.78 is 0. The Morgan fingerprint density at radius 1 is 1.23 bits per heavy atom. The van der Waals surface area contributed by atoms with Crippen molar-refractivity contribution in [3.63, 3.8) is 0 Å². The summed E-state index contributed by atoms with van der Waals surface area (Å²) >= 11 is 0. The van der Waals surface area contributed by atoms with E-state index in [0.717, 1.165) is 6.54 Å². The summed E-state index contributed by atoms with van der Waals surface area (Å²) in [6.45, 7) is 5.23. The van der Waals surface area contributed by atoms with E-state index in [9.17, 15) is 0 Å². The molecule has 70 valence electrons. The Kier molecular flexibility index (Phi) is 3.56. The first kappa shape index (κ1) is 9.85. The van der Waals surface area contributed by atoms with Crippen molar-refractivity contribution in [3.05, 3.63) is 35.9 Å². The van der Waals surface area contributed by atoms with E-state index >= 15 is 0 Å². The molecule has 13 heavy (non-hydrogen) atoms. The number of hydrogen-bond donors (Lipinski definition) is 0. The number of benzene rings is 1. The highest BCUT2D eigenvalue weighted by Crippen LogP contribution is 2.13. The monoisotopic (exact) mass is 175 g/mol. The van der Waals surface area contributed by atoms with Crippen molar-refractivity contribution in [2.24, 2.45) is 0 Å². The molecular weight excluding hydrogens is 158 g/mol. The van der Waals surface area contributed by atoms with Gasteiger partial charge in [-0.3, -0.25) is 0 Å². The van der Waals surface area contributed by atoms with Crippen molar-refractivity contribution < 1.29 is 0 Å². The molecular formula is C12H17N. The summed E-state index contributed by atoms with van der Waals surface area (Å²) in [5.74, 6) is 0. The molecule has 1 heteroatoms. The van der Waals surface area contributed by atoms with Crippen LogP contribution in [0.2, 0.25) is 0 Å². The van der Waals surface area contributed by atoms with Gasteiger partial charge in [-0.15, -0.1) is 0 Å². The summed E-state index contributed by atoms with van der Waals surface area (Å²) in [7, 11) is 2.10. The maximum atomic E-state index is 2.22. The number of rotatable bonds is 3. The third-order valence-electron chi connectivity index (χ3n) is 2.17. The summed E-state index contributed by atoms with van der Waals surface area (Å²) in [6, 6.07) is 8.58. The first-order chi connectivity index (χ1) is 6.27. The summed E-state index contributed by atoms with van der Waals surface area (Å²) in [4.78, 5) is 2.22. The quantitative estimate of drug-likeness (QED) is 0.682. The molecule has 1 aromatic carbocycles. The average Bonchev–Trinajstić information content (AvgIpc) is 2.18. The molecule has 0 N–H and O–H groups in total. The lowest BCUT2D eigenvalue weighted by Gasteiger charge is -2.16. The molecule has 0 aliphatic heterocycles. The topological polar surface area (TPSA) is 3.24 Å². The van der Waals surface area contributed by atoms with Gasteiger partial charge in [-0.25, -0.2) is 0 Å². The minimum atomic E-state index is 1.04. The molecule has 1 rings (SSSR count). The number of nitrogens with zero attached hydrogens (tertiary/aromatic N) is 1. The fourth-order valence-corrected chi connectivity index (χ4v) is 1.21. The van der Waals surface area contributed by atoms with Gasteiger partial charge in [0.2, 0.25) is 0 Å². The minimum absolute atomic E-state index is 1.04. The zero-order valence-electron chi connectivity index (χ0n) is 8.62. The second-order valence-electron chi connectivity index (χ2n) is 3.11. The zero-order chi connectivity index (χ0) is 9.68. The van der Waals surface area contributed by atoms with Crippen molar-refractivity contribution in [1.29, 1.82) is 0 Å². The molecule has 0 radical (unpaired) electrons. The smallest absolute Gasteiger partial charge is 0.0363 e. The molecule has 0 unspecified atom stereocenters. The molecule has 1 aromatic rings. The second-order valence-corrected chi connectivity index (χ2v) is 3.11. The van der Waals surface area contributed by atoms with E-state index in [1.807, 2.05) is 6.92 Å². The van der Waals surface area contributed by atoms with Gasteiger partial charge < -0.3 is 4.90 Å². The molecule has 0 aliphatic rings. The molecule has 0 spiro atoms. The van der Waals surface area contributed by atoms with E-state index < -0.39 is 0 Å². The normalized spacial score (nSPS) is 10.7. The van der Waals surface area contributed by atoms with Crippen molar-refractivity contribution in [3.8, 4) is 0 Å². The molecule has 0 amide bonds. The number of hydrogen-bond acceptors (Lipinski definition) is 1. The van der Waals surface area contributed by atoms with Crippen molar-refractivity contribution >= 4 is 11.8 Å². The van der Waals surface area contributed by atoms with Crippen LogP contribution in [0.3, 0.4) is 0 Å². The largest absolute Gasteiger partial charge is 0.375 e. The average molecular weight is 175 g/mol.